The summed E-state index contributed by atoms with van der Waals surface area (Å²) in [5, 5.41) is 14.6. The van der Waals surface area contributed by atoms with Crippen LogP contribution >= 0.6 is 23.7 Å². The number of nitrogens with zero attached hydrogens (tertiary/aromatic N) is 3. The van der Waals surface area contributed by atoms with E-state index >= 15 is 0 Å². The number of hydrogen-bond donors (Lipinski definition) is 1. The first-order chi connectivity index (χ1) is 14.9. The van der Waals surface area contributed by atoms with Gasteiger partial charge in [-0.3, -0.25) is 15.0 Å². The van der Waals surface area contributed by atoms with Gasteiger partial charge in [-0.15, -0.1) is 23.7 Å². The number of unbranched alkanes of at least 4 members (excludes halogenated alkanes) is 1. The summed E-state index contributed by atoms with van der Waals surface area (Å²) in [5.74, 6) is 0.542. The summed E-state index contributed by atoms with van der Waals surface area (Å²) in [7, 11) is -3.56. The number of sulfonamides is 1. The molecule has 1 N–H and O–H groups in total. The zero-order valence-electron chi connectivity index (χ0n) is 17.1. The predicted octanol–water partition coefficient (Wildman–Crippen LogP) is 3.85. The van der Waals surface area contributed by atoms with E-state index in [1.165, 1.54) is 6.20 Å². The van der Waals surface area contributed by atoms with Crippen molar-refractivity contribution in [2.75, 3.05) is 19.6 Å². The molecule has 0 saturated carbocycles. The third kappa shape index (κ3) is 5.73. The van der Waals surface area contributed by atoms with E-state index in [0.717, 1.165) is 48.4 Å². The van der Waals surface area contributed by atoms with Crippen LogP contribution in [0.5, 0.6) is 0 Å². The lowest BCUT2D eigenvalue weighted by atomic mass is 9.99. The summed E-state index contributed by atoms with van der Waals surface area (Å²) in [5.41, 5.74) is 2.28. The molecule has 1 aromatic carbocycles. The highest BCUT2D eigenvalue weighted by atomic mass is 35.5. The highest BCUT2D eigenvalue weighted by Gasteiger charge is 2.20. The highest BCUT2D eigenvalue weighted by Crippen LogP contribution is 2.30. The van der Waals surface area contributed by atoms with Crippen molar-refractivity contribution in [3.8, 4) is 10.6 Å². The summed E-state index contributed by atoms with van der Waals surface area (Å²) in [4.78, 5) is 13.6. The third-order valence-electron chi connectivity index (χ3n) is 5.21. The predicted molar refractivity (Wildman–Crippen MR) is 124 cm³/mol. The quantitative estimate of drug-likeness (QED) is 0.270. The van der Waals surface area contributed by atoms with Gasteiger partial charge in [-0.05, 0) is 49.1 Å². The number of fused-ring (bicyclic) bond motifs is 1. The van der Waals surface area contributed by atoms with Crippen LogP contribution < -0.4 is 4.72 Å². The first-order valence-corrected chi connectivity index (χ1v) is 12.2. The molecule has 2 aromatic heterocycles. The molecule has 9 nitrogen and oxygen atoms in total. The molecule has 32 heavy (non-hydrogen) atoms. The van der Waals surface area contributed by atoms with Gasteiger partial charge < -0.3 is 4.52 Å². The number of nitro groups is 1. The molecule has 0 aliphatic carbocycles. The zero-order valence-corrected chi connectivity index (χ0v) is 19.5. The van der Waals surface area contributed by atoms with Gasteiger partial charge >= 0.3 is 0 Å². The van der Waals surface area contributed by atoms with Crippen molar-refractivity contribution in [1.29, 1.82) is 0 Å². The van der Waals surface area contributed by atoms with Crippen molar-refractivity contribution in [3.63, 3.8) is 0 Å². The molecular formula is C20H23ClN4O5S2. The Morgan fingerprint density at radius 3 is 2.78 bits per heavy atom. The molecule has 12 heteroatoms. The van der Waals surface area contributed by atoms with Crippen LogP contribution in [0.1, 0.15) is 24.0 Å². The molecule has 3 aromatic rings. The Bertz CT molecular complexity index is 1160. The third-order valence-corrected chi connectivity index (χ3v) is 8.26. The number of rotatable bonds is 9. The van der Waals surface area contributed by atoms with Crippen molar-refractivity contribution < 1.29 is 17.9 Å². The first kappa shape index (κ1) is 24.3. The number of halogens is 1. The highest BCUT2D eigenvalue weighted by molar-refractivity contribution is 7.91. The molecule has 0 bridgehead atoms. The summed E-state index contributed by atoms with van der Waals surface area (Å²) in [6, 6.07) is 10.0. The minimum Gasteiger partial charge on any atom is -0.355 e. The van der Waals surface area contributed by atoms with Crippen LogP contribution in [0.15, 0.2) is 51.3 Å². The van der Waals surface area contributed by atoms with E-state index < -0.39 is 10.0 Å². The Morgan fingerprint density at radius 1 is 1.19 bits per heavy atom. The number of non-ortho nitro benzene ring substituents is 1. The molecule has 172 valence electrons. The van der Waals surface area contributed by atoms with E-state index in [9.17, 15) is 18.5 Å². The van der Waals surface area contributed by atoms with E-state index in [1.807, 2.05) is 6.07 Å². The zero-order chi connectivity index (χ0) is 21.8. The summed E-state index contributed by atoms with van der Waals surface area (Å²) >= 11 is 1.14. The fourth-order valence-corrected chi connectivity index (χ4v) is 5.97. The van der Waals surface area contributed by atoms with Gasteiger partial charge in [0.15, 0.2) is 5.76 Å². The first-order valence-electron chi connectivity index (χ1n) is 9.91. The molecule has 0 saturated heterocycles. The van der Waals surface area contributed by atoms with Gasteiger partial charge in [0, 0.05) is 37.8 Å². The fourth-order valence-electron chi connectivity index (χ4n) is 3.58. The number of aromatic nitrogens is 1. The van der Waals surface area contributed by atoms with Crippen LogP contribution in [0, 0.1) is 10.1 Å². The molecule has 3 heterocycles. The second-order valence-electron chi connectivity index (χ2n) is 7.34. The molecule has 0 spiro atoms. The van der Waals surface area contributed by atoms with E-state index in [4.69, 9.17) is 4.52 Å². The average molecular weight is 499 g/mol. The van der Waals surface area contributed by atoms with Crippen LogP contribution in [0.2, 0.25) is 0 Å². The second-order valence-corrected chi connectivity index (χ2v) is 10.4. The van der Waals surface area contributed by atoms with Crippen molar-refractivity contribution in [3.05, 3.63) is 63.8 Å². The molecule has 0 amide bonds. The Kier molecular flexibility index (Phi) is 8.01. The molecule has 4 rings (SSSR count). The monoisotopic (exact) mass is 498 g/mol. The van der Waals surface area contributed by atoms with Crippen molar-refractivity contribution >= 4 is 39.5 Å². The van der Waals surface area contributed by atoms with E-state index in [0.29, 0.717) is 30.1 Å². The van der Waals surface area contributed by atoms with Crippen molar-refractivity contribution in [2.45, 2.75) is 30.0 Å². The number of nitro benzene ring substituents is 1. The number of hydrogen-bond acceptors (Lipinski definition) is 8. The van der Waals surface area contributed by atoms with Crippen LogP contribution in [0.25, 0.3) is 10.6 Å². The minimum absolute atomic E-state index is 0. The molecule has 0 fully saturated rings. The van der Waals surface area contributed by atoms with Crippen LogP contribution in [-0.4, -0.2) is 43.0 Å². The van der Waals surface area contributed by atoms with E-state index in [-0.39, 0.29) is 27.2 Å². The second kappa shape index (κ2) is 10.5. The smallest absolute Gasteiger partial charge is 0.269 e. The van der Waals surface area contributed by atoms with Crippen molar-refractivity contribution in [2.24, 2.45) is 0 Å². The maximum Gasteiger partial charge on any atom is 0.269 e. The standard InChI is InChI=1S/C20H22N4O5S2.ClH/c25-24(26)17-4-3-15-8-12-23(14-16(15)13-17)11-2-1-9-22-31(27,28)20-6-5-19(30-20)18-7-10-21-29-18;/h3-7,10,13,22H,1-2,8-9,11-12,14H2;1H. The fraction of sp³-hybridized carbons (Fsp3) is 0.350. The van der Waals surface area contributed by atoms with Gasteiger partial charge in [0.25, 0.3) is 5.69 Å². The molecule has 1 aliphatic heterocycles. The summed E-state index contributed by atoms with van der Waals surface area (Å²) in [6.07, 6.45) is 3.92. The molecule has 1 aliphatic rings. The van der Waals surface area contributed by atoms with Gasteiger partial charge in [-0.1, -0.05) is 11.2 Å². The van der Waals surface area contributed by atoms with Crippen LogP contribution in [-0.2, 0) is 23.0 Å². The summed E-state index contributed by atoms with van der Waals surface area (Å²) < 4.78 is 32.9. The number of benzene rings is 1. The Balaban J connectivity index is 0.00000289. The van der Waals surface area contributed by atoms with Crippen LogP contribution in [0.3, 0.4) is 0 Å². The molecule has 0 unspecified atom stereocenters. The van der Waals surface area contributed by atoms with Gasteiger partial charge in [0.2, 0.25) is 10.0 Å². The molecule has 0 radical (unpaired) electrons. The Hall–Kier alpha value is -2.31. The van der Waals surface area contributed by atoms with E-state index in [1.54, 1.807) is 30.3 Å². The van der Waals surface area contributed by atoms with Gasteiger partial charge in [0.1, 0.15) is 4.21 Å². The SMILES string of the molecule is Cl.O=[N+]([O-])c1ccc2c(c1)CN(CCCCNS(=O)(=O)c1ccc(-c3ccno3)s1)CC2. The maximum absolute atomic E-state index is 12.5. The largest absolute Gasteiger partial charge is 0.355 e. The Labute approximate surface area is 196 Å². The van der Waals surface area contributed by atoms with Gasteiger partial charge in [-0.25, -0.2) is 13.1 Å². The molecule has 0 atom stereocenters. The molecular weight excluding hydrogens is 476 g/mol. The summed E-state index contributed by atoms with van der Waals surface area (Å²) in [6.45, 7) is 2.75. The topological polar surface area (TPSA) is 119 Å². The van der Waals surface area contributed by atoms with E-state index in [2.05, 4.69) is 14.8 Å². The Morgan fingerprint density at radius 2 is 2.03 bits per heavy atom. The van der Waals surface area contributed by atoms with Crippen molar-refractivity contribution in [1.82, 2.24) is 14.8 Å². The lowest BCUT2D eigenvalue weighted by molar-refractivity contribution is -0.385. The van der Waals surface area contributed by atoms with Crippen LogP contribution in [0.4, 0.5) is 5.69 Å². The lowest BCUT2D eigenvalue weighted by Crippen LogP contribution is -2.32. The van der Waals surface area contributed by atoms with Gasteiger partial charge in [-0.2, -0.15) is 0 Å². The lowest BCUT2D eigenvalue weighted by Gasteiger charge is -2.28. The normalized spacial score (nSPS) is 14.0. The van der Waals surface area contributed by atoms with Gasteiger partial charge in [0.05, 0.1) is 16.0 Å². The number of thiophene rings is 1. The number of nitrogens with one attached hydrogen (secondary N) is 1. The minimum atomic E-state index is -3.56. The maximum atomic E-state index is 12.5. The average Bonchev–Trinajstić information content (AvgIpc) is 3.45.